The van der Waals surface area contributed by atoms with Crippen LogP contribution in [0.15, 0.2) is 47.3 Å². The van der Waals surface area contributed by atoms with Crippen LogP contribution in [0.2, 0.25) is 0 Å². The lowest BCUT2D eigenvalue weighted by Gasteiger charge is -2.43. The molecule has 0 atom stereocenters. The van der Waals surface area contributed by atoms with E-state index in [0.29, 0.717) is 39.1 Å². The number of piperazine rings is 1. The highest BCUT2D eigenvalue weighted by atomic mass is 79.9. The molecule has 0 aliphatic carbocycles. The largest absolute Gasteiger partial charge is 0.494 e. The Balaban J connectivity index is 1.21. The summed E-state index contributed by atoms with van der Waals surface area (Å²) in [5.41, 5.74) is 4.78. The van der Waals surface area contributed by atoms with Gasteiger partial charge in [-0.25, -0.2) is 9.97 Å². The van der Waals surface area contributed by atoms with Gasteiger partial charge in [0.25, 0.3) is 0 Å². The van der Waals surface area contributed by atoms with Gasteiger partial charge in [-0.2, -0.15) is 10.1 Å². The Morgan fingerprint density at radius 3 is 2.38 bits per heavy atom. The second-order valence-electron chi connectivity index (χ2n) is 13.1. The second kappa shape index (κ2) is 14.5. The zero-order valence-corrected chi connectivity index (χ0v) is 31.2. The second-order valence-corrected chi connectivity index (χ2v) is 17.1. The molecular formula is C34H46BrN10O2P. The van der Waals surface area contributed by atoms with Gasteiger partial charge in [0.1, 0.15) is 25.0 Å². The minimum atomic E-state index is -2.69. The first-order chi connectivity index (χ1) is 23.0. The maximum absolute atomic E-state index is 13.4. The van der Waals surface area contributed by atoms with Gasteiger partial charge in [0.15, 0.2) is 5.82 Å². The Labute approximate surface area is 291 Å². The molecule has 4 heterocycles. The van der Waals surface area contributed by atoms with Crippen molar-refractivity contribution in [1.29, 1.82) is 0 Å². The number of aromatic nitrogens is 5. The SMILES string of the molecule is CCc1cc(Nc2ncc(Br)c(Nc3ccc(-c4ncn(C)n4)cc3P(C)(C)=O)n2)c(OC)cc1N1CCC(N2CCN(C)CC2)CC1. The summed E-state index contributed by atoms with van der Waals surface area (Å²) in [7, 11) is 3.05. The van der Waals surface area contributed by atoms with Gasteiger partial charge in [0.05, 0.1) is 23.0 Å². The van der Waals surface area contributed by atoms with Gasteiger partial charge < -0.3 is 29.7 Å². The van der Waals surface area contributed by atoms with Crippen LogP contribution in [0.3, 0.4) is 0 Å². The first-order valence-electron chi connectivity index (χ1n) is 16.5. The highest BCUT2D eigenvalue weighted by molar-refractivity contribution is 9.10. The Morgan fingerprint density at radius 2 is 1.73 bits per heavy atom. The molecule has 2 aromatic carbocycles. The normalized spacial score (nSPS) is 16.7. The van der Waals surface area contributed by atoms with Crippen LogP contribution in [0.4, 0.5) is 28.8 Å². The minimum absolute atomic E-state index is 0.411. The molecule has 2 aromatic heterocycles. The number of aryl methyl sites for hydroxylation is 2. The average molecular weight is 738 g/mol. The van der Waals surface area contributed by atoms with Crippen molar-refractivity contribution in [3.8, 4) is 17.1 Å². The quantitative estimate of drug-likeness (QED) is 0.200. The lowest BCUT2D eigenvalue weighted by Crippen LogP contribution is -2.52. The number of rotatable bonds is 10. The standard InChI is InChI=1S/C34H46BrN10O2P/c1-7-23-18-28(30(47-4)20-29(23)45-12-10-25(11-13-45)44-16-14-42(2)15-17-44)39-34-36-21-26(35)33(40-34)38-27-9-8-24(19-31(27)48(5,6)46)32-37-22-43(3)41-32/h8-9,18-22,25H,7,10-17H2,1-6H3,(H2,36,38,39,40). The van der Waals surface area contributed by atoms with E-state index in [1.165, 1.54) is 37.2 Å². The number of nitrogens with one attached hydrogen (secondary N) is 2. The van der Waals surface area contributed by atoms with Crippen molar-refractivity contribution in [3.05, 3.63) is 52.9 Å². The van der Waals surface area contributed by atoms with Crippen molar-refractivity contribution < 1.29 is 9.30 Å². The lowest BCUT2D eigenvalue weighted by atomic mass is 9.99. The zero-order valence-electron chi connectivity index (χ0n) is 28.7. The molecule has 48 heavy (non-hydrogen) atoms. The van der Waals surface area contributed by atoms with E-state index in [-0.39, 0.29) is 0 Å². The molecule has 2 N–H and O–H groups in total. The molecule has 256 valence electrons. The Hall–Kier alpha value is -3.51. The lowest BCUT2D eigenvalue weighted by molar-refractivity contribution is 0.0982. The fraction of sp³-hybridized carbons (Fsp3) is 0.471. The molecule has 0 bridgehead atoms. The zero-order chi connectivity index (χ0) is 34.0. The highest BCUT2D eigenvalue weighted by Gasteiger charge is 2.28. The molecule has 0 spiro atoms. The van der Waals surface area contributed by atoms with Crippen LogP contribution in [0.5, 0.6) is 5.75 Å². The molecule has 4 aromatic rings. The summed E-state index contributed by atoms with van der Waals surface area (Å²) in [6, 6.07) is 10.7. The summed E-state index contributed by atoms with van der Waals surface area (Å²) in [5, 5.41) is 11.9. The summed E-state index contributed by atoms with van der Waals surface area (Å²) in [6.07, 6.45) is 6.59. The van der Waals surface area contributed by atoms with Crippen molar-refractivity contribution >= 4 is 57.2 Å². The Morgan fingerprint density at radius 1 is 0.979 bits per heavy atom. The van der Waals surface area contributed by atoms with E-state index in [4.69, 9.17) is 9.72 Å². The van der Waals surface area contributed by atoms with Crippen molar-refractivity contribution in [2.24, 2.45) is 7.05 Å². The Kier molecular flexibility index (Phi) is 10.4. The first kappa shape index (κ1) is 34.4. The predicted octanol–water partition coefficient (Wildman–Crippen LogP) is 5.56. The number of benzene rings is 2. The molecule has 12 nitrogen and oxygen atoms in total. The van der Waals surface area contributed by atoms with Gasteiger partial charge in [0, 0.05) is 81.2 Å². The monoisotopic (exact) mass is 736 g/mol. The fourth-order valence-corrected chi connectivity index (χ4v) is 8.02. The molecule has 2 aliphatic heterocycles. The first-order valence-corrected chi connectivity index (χ1v) is 19.9. The molecule has 2 aliphatic rings. The van der Waals surface area contributed by atoms with Crippen molar-refractivity contribution in [2.45, 2.75) is 32.2 Å². The minimum Gasteiger partial charge on any atom is -0.494 e. The average Bonchev–Trinajstić information content (AvgIpc) is 3.52. The molecule has 2 fully saturated rings. The molecule has 0 amide bonds. The number of methoxy groups -OCH3 is 1. The fourth-order valence-electron chi connectivity index (χ4n) is 6.57. The van der Waals surface area contributed by atoms with Gasteiger partial charge in [0.2, 0.25) is 5.95 Å². The molecular weight excluding hydrogens is 691 g/mol. The summed E-state index contributed by atoms with van der Waals surface area (Å²) in [5.74, 6) is 2.27. The number of nitrogens with zero attached hydrogens (tertiary/aromatic N) is 8. The molecule has 14 heteroatoms. The molecule has 6 rings (SSSR count). The summed E-state index contributed by atoms with van der Waals surface area (Å²) >= 11 is 3.60. The number of hydrogen-bond acceptors (Lipinski definition) is 11. The van der Waals surface area contributed by atoms with Crippen LogP contribution in [0, 0.1) is 0 Å². The number of piperidine rings is 1. The smallest absolute Gasteiger partial charge is 0.229 e. The molecule has 0 radical (unpaired) electrons. The molecule has 2 saturated heterocycles. The van der Waals surface area contributed by atoms with Crippen molar-refractivity contribution in [2.75, 3.05) is 82.3 Å². The number of ether oxygens (including phenoxy) is 1. The summed E-state index contributed by atoms with van der Waals surface area (Å²) in [6.45, 7) is 12.4. The van der Waals surface area contributed by atoms with Crippen LogP contribution < -0.4 is 25.6 Å². The number of hydrogen-bond donors (Lipinski definition) is 2. The maximum atomic E-state index is 13.4. The van der Waals surface area contributed by atoms with Crippen LogP contribution in [0.1, 0.15) is 25.3 Å². The van der Waals surface area contributed by atoms with Crippen LogP contribution in [-0.4, -0.2) is 107 Å². The van der Waals surface area contributed by atoms with E-state index in [1.54, 1.807) is 37.6 Å². The third-order valence-corrected chi connectivity index (χ3v) is 11.4. The van der Waals surface area contributed by atoms with Crippen LogP contribution in [-0.2, 0) is 18.0 Å². The third kappa shape index (κ3) is 7.70. The number of halogens is 1. The summed E-state index contributed by atoms with van der Waals surface area (Å²) in [4.78, 5) is 21.3. The maximum Gasteiger partial charge on any atom is 0.229 e. The number of likely N-dealkylation sites (N-methyl/N-ethyl adjacent to an activating group) is 1. The highest BCUT2D eigenvalue weighted by Crippen LogP contribution is 2.41. The Bertz CT molecular complexity index is 1790. The molecule has 0 unspecified atom stereocenters. The van der Waals surface area contributed by atoms with E-state index in [2.05, 4.69) is 82.4 Å². The van der Waals surface area contributed by atoms with Crippen molar-refractivity contribution in [3.63, 3.8) is 0 Å². The third-order valence-electron chi connectivity index (χ3n) is 9.32. The van der Waals surface area contributed by atoms with Gasteiger partial charge >= 0.3 is 0 Å². The summed E-state index contributed by atoms with van der Waals surface area (Å²) < 4.78 is 21.6. The molecule has 0 saturated carbocycles. The van der Waals surface area contributed by atoms with Gasteiger partial charge in [-0.3, -0.25) is 9.58 Å². The van der Waals surface area contributed by atoms with Gasteiger partial charge in [-0.1, -0.05) is 6.92 Å². The topological polar surface area (TPSA) is 117 Å². The number of anilines is 5. The van der Waals surface area contributed by atoms with E-state index >= 15 is 0 Å². The van der Waals surface area contributed by atoms with Crippen LogP contribution >= 0.6 is 23.1 Å². The predicted molar refractivity (Wildman–Crippen MR) is 199 cm³/mol. The van der Waals surface area contributed by atoms with E-state index < -0.39 is 7.14 Å². The van der Waals surface area contributed by atoms with E-state index in [0.717, 1.165) is 49.6 Å². The van der Waals surface area contributed by atoms with Gasteiger partial charge in [-0.05, 0) is 85.4 Å². The van der Waals surface area contributed by atoms with Crippen LogP contribution in [0.25, 0.3) is 11.4 Å². The van der Waals surface area contributed by atoms with E-state index in [9.17, 15) is 4.57 Å². The van der Waals surface area contributed by atoms with Crippen molar-refractivity contribution in [1.82, 2.24) is 34.5 Å². The van der Waals surface area contributed by atoms with E-state index in [1.807, 2.05) is 25.2 Å². The van der Waals surface area contributed by atoms with Gasteiger partial charge in [-0.15, -0.1) is 0 Å².